The van der Waals surface area contributed by atoms with Gasteiger partial charge in [-0.3, -0.25) is 0 Å². The molecule has 32 heavy (non-hydrogen) atoms. The molecule has 0 saturated carbocycles. The van der Waals surface area contributed by atoms with E-state index >= 15 is 0 Å². The smallest absolute Gasteiger partial charge is 0.147 e. The molecule has 0 heterocycles. The zero-order chi connectivity index (χ0) is 22.6. The van der Waals surface area contributed by atoms with Gasteiger partial charge in [-0.1, -0.05) is 0 Å². The average Bonchev–Trinajstić information content (AvgIpc) is 3.22. The Bertz CT molecular complexity index is 756. The average molecular weight is 536 g/mol. The first kappa shape index (κ1) is 32.5. The van der Waals surface area contributed by atoms with Gasteiger partial charge in [0.15, 0.2) is 0 Å². The van der Waals surface area contributed by atoms with Gasteiger partial charge in [-0.15, -0.1) is 24.8 Å². The summed E-state index contributed by atoms with van der Waals surface area (Å²) in [6, 6.07) is 0. The Morgan fingerprint density at radius 1 is 0.750 bits per heavy atom. The second-order valence-corrected chi connectivity index (χ2v) is 31.1. The summed E-state index contributed by atoms with van der Waals surface area (Å²) >= 11 is -2.91. The summed E-state index contributed by atoms with van der Waals surface area (Å²) in [7, 11) is 2.47. The zero-order valence-electron chi connectivity index (χ0n) is 22.4. The van der Waals surface area contributed by atoms with Crippen LogP contribution in [0.3, 0.4) is 0 Å². The molecule has 4 heteroatoms. The minimum absolute atomic E-state index is 0. The van der Waals surface area contributed by atoms with E-state index in [2.05, 4.69) is 71.8 Å². The third kappa shape index (κ3) is 8.30. The molecule has 0 nitrogen and oxygen atoms in total. The normalized spacial score (nSPS) is 17.1. The van der Waals surface area contributed by atoms with E-state index in [-0.39, 0.29) is 24.8 Å². The van der Waals surface area contributed by atoms with Crippen LogP contribution in [0.1, 0.15) is 106 Å². The van der Waals surface area contributed by atoms with E-state index in [0.29, 0.717) is 0 Å². The molecular formula is C28H52Cl2SiTi. The molecule has 0 saturated heterocycles. The minimum atomic E-state index is -2.91. The summed E-state index contributed by atoms with van der Waals surface area (Å²) in [5, 5.41) is 5.52. The number of hydrogen-bond donors (Lipinski definition) is 0. The largest absolute Gasteiger partial charge is 0.147 e. The molecule has 0 N–H and O–H groups in total. The second-order valence-electron chi connectivity index (χ2n) is 12.1. The molecule has 2 aliphatic carbocycles. The quantitative estimate of drug-likeness (QED) is 0.218. The van der Waals surface area contributed by atoms with E-state index in [0.717, 1.165) is 11.8 Å². The van der Waals surface area contributed by atoms with Crippen LogP contribution >= 0.6 is 24.8 Å². The van der Waals surface area contributed by atoms with Crippen LogP contribution in [-0.4, -0.2) is 7.63 Å². The van der Waals surface area contributed by atoms with Crippen molar-refractivity contribution < 1.29 is 14.0 Å². The molecule has 0 amide bonds. The topological polar surface area (TPSA) is 0 Å². The maximum atomic E-state index is 2.76. The zero-order valence-corrected chi connectivity index (χ0v) is 27.0. The van der Waals surface area contributed by atoms with Crippen LogP contribution in [0, 0.1) is 11.8 Å². The van der Waals surface area contributed by atoms with Crippen molar-refractivity contribution in [2.75, 3.05) is 0 Å². The molecule has 0 aromatic rings. The summed E-state index contributed by atoms with van der Waals surface area (Å²) in [5.74, 6) is 1.53. The third-order valence-corrected chi connectivity index (χ3v) is 18.3. The predicted molar refractivity (Wildman–Crippen MR) is 152 cm³/mol. The van der Waals surface area contributed by atoms with Gasteiger partial charge in [0.25, 0.3) is 0 Å². The van der Waals surface area contributed by atoms with E-state index in [4.69, 9.17) is 0 Å². The second kappa shape index (κ2) is 13.5. The van der Waals surface area contributed by atoms with Gasteiger partial charge < -0.3 is 0 Å². The summed E-state index contributed by atoms with van der Waals surface area (Å²) < 4.78 is 3.86. The van der Waals surface area contributed by atoms with Crippen LogP contribution in [0.2, 0.25) is 10.5 Å². The number of hydrogen-bond acceptors (Lipinski definition) is 0. The Kier molecular flexibility index (Phi) is 13.7. The Morgan fingerprint density at radius 3 is 1.38 bits per heavy atom. The first-order valence-electron chi connectivity index (χ1n) is 12.9. The molecule has 186 valence electrons. The van der Waals surface area contributed by atoms with Gasteiger partial charge in [0, 0.05) is 0 Å². The van der Waals surface area contributed by atoms with Crippen molar-refractivity contribution in [3.05, 3.63) is 42.2 Å². The molecule has 0 unspecified atom stereocenters. The molecule has 0 aromatic heterocycles. The number of allylic oxidation sites excluding steroid dienone is 8. The van der Waals surface area contributed by atoms with Crippen molar-refractivity contribution in [1.29, 1.82) is 0 Å². The third-order valence-electron chi connectivity index (χ3n) is 7.22. The summed E-state index contributed by atoms with van der Waals surface area (Å²) in [6.07, 6.45) is 18.3. The van der Waals surface area contributed by atoms with Crippen molar-refractivity contribution in [3.63, 3.8) is 0 Å². The molecular weight excluding hydrogens is 483 g/mol. The standard InChI is InChI=1S/2C13H21.2CH3.2ClH.H2Si.Ti/c2*1-4-5-6-12-7-8-13(10-12)9-11(2)3;;;;;;/h2*10-11H,4-6,8-9H2,1-3H3;2*1H3;2*1H;1H2;. The predicted octanol–water partition coefficient (Wildman–Crippen LogP) is 9.80. The van der Waals surface area contributed by atoms with Gasteiger partial charge in [-0.25, -0.2) is 0 Å². The Balaban J connectivity index is 0.00000480. The molecule has 0 fully saturated rings. The van der Waals surface area contributed by atoms with Crippen LogP contribution in [-0.2, 0) is 14.0 Å². The van der Waals surface area contributed by atoms with Crippen LogP contribution in [0.4, 0.5) is 0 Å². The molecule has 0 spiro atoms. The van der Waals surface area contributed by atoms with Gasteiger partial charge in [-0.2, -0.15) is 0 Å². The van der Waals surface area contributed by atoms with E-state index in [1.165, 1.54) is 64.2 Å². The van der Waals surface area contributed by atoms with Crippen molar-refractivity contribution in [3.8, 4) is 0 Å². The van der Waals surface area contributed by atoms with Gasteiger partial charge in [0.05, 0.1) is 0 Å². The van der Waals surface area contributed by atoms with Crippen molar-refractivity contribution in [2.45, 2.75) is 116 Å². The molecule has 0 atom stereocenters. The summed E-state index contributed by atoms with van der Waals surface area (Å²) in [5.41, 5.74) is 6.95. The van der Waals surface area contributed by atoms with Crippen molar-refractivity contribution >= 4 is 32.4 Å². The fourth-order valence-electron chi connectivity index (χ4n) is 5.72. The molecule has 0 aliphatic heterocycles. The van der Waals surface area contributed by atoms with Crippen LogP contribution in [0.5, 0.6) is 0 Å². The van der Waals surface area contributed by atoms with Gasteiger partial charge in [0.2, 0.25) is 0 Å². The van der Waals surface area contributed by atoms with E-state index in [1.807, 2.05) is 7.76 Å². The molecule has 0 aromatic carbocycles. The minimum Gasteiger partial charge on any atom is -0.147 e. The first-order chi connectivity index (χ1) is 14.0. The van der Waals surface area contributed by atoms with Gasteiger partial charge >= 0.3 is 192 Å². The van der Waals surface area contributed by atoms with Crippen LogP contribution < -0.4 is 0 Å². The number of unbranched alkanes of at least 4 members (excludes halogenated alkanes) is 2. The molecule has 2 rings (SSSR count). The number of rotatable bonds is 12. The van der Waals surface area contributed by atoms with Crippen LogP contribution in [0.25, 0.3) is 0 Å². The number of halogens is 2. The van der Waals surface area contributed by atoms with Crippen LogP contribution in [0.15, 0.2) is 42.2 Å². The van der Waals surface area contributed by atoms with E-state index in [9.17, 15) is 0 Å². The Labute approximate surface area is 215 Å². The SMILES string of the molecule is CCCCC1=[C]([Ti]([CH3])([CH3])(=[SiH2])[C]2=C(CCCC)C=C(CC(C)C)C2)CC(CC(C)C)=C1.Cl.Cl. The van der Waals surface area contributed by atoms with Crippen molar-refractivity contribution in [2.24, 2.45) is 11.8 Å². The van der Waals surface area contributed by atoms with Gasteiger partial charge in [0.1, 0.15) is 0 Å². The van der Waals surface area contributed by atoms with Crippen molar-refractivity contribution in [1.82, 2.24) is 0 Å². The van der Waals surface area contributed by atoms with E-state index in [1.54, 1.807) is 22.3 Å². The van der Waals surface area contributed by atoms with E-state index < -0.39 is 14.0 Å². The molecule has 2 aliphatic rings. The maximum absolute atomic E-state index is 2.91. The Hall–Kier alpha value is 0.471. The maximum Gasteiger partial charge on any atom is -0.147 e. The molecule has 0 radical (unpaired) electrons. The first-order valence-corrected chi connectivity index (χ1v) is 21.6. The fourth-order valence-corrected chi connectivity index (χ4v) is 15.5. The Morgan fingerprint density at radius 2 is 1.09 bits per heavy atom. The summed E-state index contributed by atoms with van der Waals surface area (Å²) in [6.45, 7) is 14.2. The monoisotopic (exact) mass is 534 g/mol. The molecule has 0 bridgehead atoms. The summed E-state index contributed by atoms with van der Waals surface area (Å²) in [4.78, 5) is 0. The fraction of sp³-hybridized carbons (Fsp3) is 0.714. The van der Waals surface area contributed by atoms with Gasteiger partial charge in [-0.05, 0) is 0 Å².